The molecule has 0 radical (unpaired) electrons. The molecule has 0 saturated carbocycles. The van der Waals surface area contributed by atoms with Crippen LogP contribution in [0.1, 0.15) is 5.56 Å². The summed E-state index contributed by atoms with van der Waals surface area (Å²) in [5, 5.41) is 9.41. The second-order valence-corrected chi connectivity index (χ2v) is 3.80. The zero-order valence-corrected chi connectivity index (χ0v) is 9.04. The summed E-state index contributed by atoms with van der Waals surface area (Å²) in [7, 11) is 0. The summed E-state index contributed by atoms with van der Waals surface area (Å²) in [4.78, 5) is 0. The van der Waals surface area contributed by atoms with Crippen LogP contribution >= 0.6 is 11.6 Å². The molecule has 82 valence electrons. The van der Waals surface area contributed by atoms with E-state index in [0.29, 0.717) is 19.6 Å². The van der Waals surface area contributed by atoms with Gasteiger partial charge in [0.05, 0.1) is 6.10 Å². The van der Waals surface area contributed by atoms with Gasteiger partial charge in [-0.15, -0.1) is 11.6 Å². The molecule has 1 atom stereocenters. The molecule has 0 amide bonds. The minimum Gasteiger partial charge on any atom is -0.486 e. The van der Waals surface area contributed by atoms with E-state index in [1.165, 1.54) is 0 Å². The molecule has 0 aromatic heterocycles. The number of rotatable bonds is 3. The molecule has 1 aromatic rings. The average molecular weight is 229 g/mol. The Morgan fingerprint density at radius 2 is 2.00 bits per heavy atom. The summed E-state index contributed by atoms with van der Waals surface area (Å²) in [5.41, 5.74) is 1.01. The smallest absolute Gasteiger partial charge is 0.161 e. The number of ether oxygens (including phenoxy) is 2. The van der Waals surface area contributed by atoms with Gasteiger partial charge in [0.15, 0.2) is 11.5 Å². The van der Waals surface area contributed by atoms with Crippen molar-refractivity contribution in [3.8, 4) is 11.5 Å². The summed E-state index contributed by atoms with van der Waals surface area (Å²) >= 11 is 5.54. The maximum atomic E-state index is 9.41. The van der Waals surface area contributed by atoms with E-state index in [-0.39, 0.29) is 5.88 Å². The van der Waals surface area contributed by atoms with Gasteiger partial charge in [-0.3, -0.25) is 0 Å². The molecule has 1 aromatic carbocycles. The molecule has 3 nitrogen and oxygen atoms in total. The van der Waals surface area contributed by atoms with E-state index in [4.69, 9.17) is 21.1 Å². The highest BCUT2D eigenvalue weighted by molar-refractivity contribution is 6.18. The Morgan fingerprint density at radius 1 is 1.27 bits per heavy atom. The quantitative estimate of drug-likeness (QED) is 0.799. The van der Waals surface area contributed by atoms with E-state index in [1.807, 2.05) is 18.2 Å². The van der Waals surface area contributed by atoms with Gasteiger partial charge >= 0.3 is 0 Å². The molecule has 0 saturated heterocycles. The van der Waals surface area contributed by atoms with Crippen molar-refractivity contribution in [1.29, 1.82) is 0 Å². The monoisotopic (exact) mass is 228 g/mol. The van der Waals surface area contributed by atoms with Crippen LogP contribution in [0.4, 0.5) is 0 Å². The number of benzene rings is 1. The van der Waals surface area contributed by atoms with Crippen molar-refractivity contribution in [3.63, 3.8) is 0 Å². The van der Waals surface area contributed by atoms with Gasteiger partial charge < -0.3 is 14.6 Å². The van der Waals surface area contributed by atoms with E-state index in [1.54, 1.807) is 0 Å². The third-order valence-corrected chi connectivity index (χ3v) is 2.61. The van der Waals surface area contributed by atoms with Crippen molar-refractivity contribution in [2.75, 3.05) is 19.1 Å². The molecule has 1 aliphatic rings. The first-order valence-electron chi connectivity index (χ1n) is 4.92. The first-order chi connectivity index (χ1) is 7.29. The zero-order chi connectivity index (χ0) is 10.7. The highest BCUT2D eigenvalue weighted by Crippen LogP contribution is 2.31. The van der Waals surface area contributed by atoms with Gasteiger partial charge in [-0.2, -0.15) is 0 Å². The fourth-order valence-corrected chi connectivity index (χ4v) is 1.65. The molecule has 4 heteroatoms. The Labute approximate surface area is 93.6 Å². The predicted molar refractivity (Wildman–Crippen MR) is 57.9 cm³/mol. The minimum atomic E-state index is -0.505. The maximum absolute atomic E-state index is 9.41. The minimum absolute atomic E-state index is 0.244. The van der Waals surface area contributed by atoms with Gasteiger partial charge in [-0.25, -0.2) is 0 Å². The first kappa shape index (κ1) is 10.6. The molecule has 2 rings (SSSR count). The molecular weight excluding hydrogens is 216 g/mol. The number of aliphatic hydroxyl groups is 1. The fourth-order valence-electron chi connectivity index (χ4n) is 1.54. The van der Waals surface area contributed by atoms with Gasteiger partial charge in [0.2, 0.25) is 0 Å². The van der Waals surface area contributed by atoms with Crippen molar-refractivity contribution < 1.29 is 14.6 Å². The third-order valence-electron chi connectivity index (χ3n) is 2.26. The Kier molecular flexibility index (Phi) is 3.34. The third kappa shape index (κ3) is 2.55. The van der Waals surface area contributed by atoms with E-state index in [9.17, 15) is 5.11 Å². The lowest BCUT2D eigenvalue weighted by Gasteiger charge is -2.19. The normalized spacial score (nSPS) is 16.1. The standard InChI is InChI=1S/C11H13ClO3/c12-7-9(13)5-8-1-2-10-11(6-8)15-4-3-14-10/h1-2,6,9,13H,3-5,7H2. The van der Waals surface area contributed by atoms with Crippen LogP contribution in [0.25, 0.3) is 0 Å². The summed E-state index contributed by atoms with van der Waals surface area (Å²) in [5.74, 6) is 1.76. The van der Waals surface area contributed by atoms with Crippen molar-refractivity contribution in [2.45, 2.75) is 12.5 Å². The largest absolute Gasteiger partial charge is 0.486 e. The molecule has 1 N–H and O–H groups in total. The van der Waals surface area contributed by atoms with Gasteiger partial charge in [-0.05, 0) is 24.1 Å². The lowest BCUT2D eigenvalue weighted by Crippen LogP contribution is -2.16. The lowest BCUT2D eigenvalue weighted by atomic mass is 10.1. The molecule has 0 fully saturated rings. The highest BCUT2D eigenvalue weighted by Gasteiger charge is 2.12. The summed E-state index contributed by atoms with van der Waals surface area (Å²) < 4.78 is 10.8. The number of fused-ring (bicyclic) bond motifs is 1. The summed E-state index contributed by atoms with van der Waals surface area (Å²) in [6, 6.07) is 5.68. The number of alkyl halides is 1. The van der Waals surface area contributed by atoms with Crippen molar-refractivity contribution in [3.05, 3.63) is 23.8 Å². The van der Waals surface area contributed by atoms with Crippen LogP contribution in [-0.2, 0) is 6.42 Å². The average Bonchev–Trinajstić information content (AvgIpc) is 2.29. The first-order valence-corrected chi connectivity index (χ1v) is 5.45. The second kappa shape index (κ2) is 4.73. The predicted octanol–water partition coefficient (Wildman–Crippen LogP) is 1.60. The maximum Gasteiger partial charge on any atom is 0.161 e. The van der Waals surface area contributed by atoms with Crippen molar-refractivity contribution in [1.82, 2.24) is 0 Å². The highest BCUT2D eigenvalue weighted by atomic mass is 35.5. The Morgan fingerprint density at radius 3 is 2.73 bits per heavy atom. The number of hydrogen-bond donors (Lipinski definition) is 1. The lowest BCUT2D eigenvalue weighted by molar-refractivity contribution is 0.170. The Balaban J connectivity index is 2.13. The van der Waals surface area contributed by atoms with E-state index in [0.717, 1.165) is 17.1 Å². The number of halogens is 1. The van der Waals surface area contributed by atoms with Gasteiger partial charge in [0.25, 0.3) is 0 Å². The number of aliphatic hydroxyl groups excluding tert-OH is 1. The van der Waals surface area contributed by atoms with Crippen LogP contribution in [0.3, 0.4) is 0 Å². The molecule has 15 heavy (non-hydrogen) atoms. The molecule has 0 bridgehead atoms. The SMILES string of the molecule is OC(CCl)Cc1ccc2c(c1)OCCO2. The van der Waals surface area contributed by atoms with Crippen LogP contribution in [0.5, 0.6) is 11.5 Å². The van der Waals surface area contributed by atoms with Gasteiger partial charge in [0, 0.05) is 5.88 Å². The van der Waals surface area contributed by atoms with E-state index >= 15 is 0 Å². The van der Waals surface area contributed by atoms with Crippen LogP contribution in [-0.4, -0.2) is 30.3 Å². The van der Waals surface area contributed by atoms with Crippen molar-refractivity contribution in [2.24, 2.45) is 0 Å². The fraction of sp³-hybridized carbons (Fsp3) is 0.455. The van der Waals surface area contributed by atoms with Crippen LogP contribution < -0.4 is 9.47 Å². The molecule has 0 aliphatic carbocycles. The van der Waals surface area contributed by atoms with Gasteiger partial charge in [0.1, 0.15) is 13.2 Å². The van der Waals surface area contributed by atoms with Gasteiger partial charge in [-0.1, -0.05) is 6.07 Å². The number of hydrogen-bond acceptors (Lipinski definition) is 3. The zero-order valence-electron chi connectivity index (χ0n) is 8.28. The van der Waals surface area contributed by atoms with Crippen LogP contribution in [0, 0.1) is 0 Å². The van der Waals surface area contributed by atoms with Crippen LogP contribution in [0.15, 0.2) is 18.2 Å². The molecule has 1 heterocycles. The summed E-state index contributed by atoms with van der Waals surface area (Å²) in [6.45, 7) is 1.17. The Bertz CT molecular complexity index is 341. The molecule has 1 unspecified atom stereocenters. The topological polar surface area (TPSA) is 38.7 Å². The molecule has 0 spiro atoms. The molecular formula is C11H13ClO3. The van der Waals surface area contributed by atoms with E-state index in [2.05, 4.69) is 0 Å². The Hall–Kier alpha value is -0.930. The van der Waals surface area contributed by atoms with Crippen molar-refractivity contribution >= 4 is 11.6 Å². The second-order valence-electron chi connectivity index (χ2n) is 3.49. The molecule has 1 aliphatic heterocycles. The van der Waals surface area contributed by atoms with Crippen LogP contribution in [0.2, 0.25) is 0 Å². The summed E-state index contributed by atoms with van der Waals surface area (Å²) in [6.07, 6.45) is 0.0365. The van der Waals surface area contributed by atoms with E-state index < -0.39 is 6.10 Å².